The molecule has 1 amide bonds. The van der Waals surface area contributed by atoms with Gasteiger partial charge in [-0.25, -0.2) is 13.1 Å². The Balaban J connectivity index is 1.99. The molecule has 2 rings (SSSR count). The van der Waals surface area contributed by atoms with E-state index in [1.54, 1.807) is 26.2 Å². The van der Waals surface area contributed by atoms with Crippen molar-refractivity contribution in [2.75, 3.05) is 46.9 Å². The number of hydrogen-bond donors (Lipinski definition) is 1. The molecule has 1 atom stereocenters. The lowest BCUT2D eigenvalue weighted by atomic mass is 10.2. The molecule has 0 spiro atoms. The Hall–Kier alpha value is -1.48. The first-order valence-electron chi connectivity index (χ1n) is 7.94. The minimum absolute atomic E-state index is 0.102. The molecule has 7 nitrogen and oxygen atoms in total. The Bertz CT molecular complexity index is 676. The summed E-state index contributed by atoms with van der Waals surface area (Å²) in [6.07, 6.45) is 0. The van der Waals surface area contributed by atoms with Crippen LogP contribution in [0.4, 0.5) is 0 Å². The Kier molecular flexibility index (Phi) is 6.34. The molecule has 24 heavy (non-hydrogen) atoms. The van der Waals surface area contributed by atoms with E-state index in [1.807, 2.05) is 0 Å². The van der Waals surface area contributed by atoms with Crippen LogP contribution in [0.1, 0.15) is 17.3 Å². The lowest BCUT2D eigenvalue weighted by Gasteiger charge is -2.33. The first kappa shape index (κ1) is 18.9. The average molecular weight is 355 g/mol. The fourth-order valence-electron chi connectivity index (χ4n) is 2.56. The summed E-state index contributed by atoms with van der Waals surface area (Å²) in [5, 5.41) is 0. The van der Waals surface area contributed by atoms with E-state index in [1.165, 1.54) is 17.0 Å². The van der Waals surface area contributed by atoms with Crippen molar-refractivity contribution in [3.05, 3.63) is 29.8 Å². The molecule has 1 fully saturated rings. The highest BCUT2D eigenvalue weighted by Gasteiger charge is 2.20. The highest BCUT2D eigenvalue weighted by Crippen LogP contribution is 2.13. The first-order valence-corrected chi connectivity index (χ1v) is 9.43. The van der Waals surface area contributed by atoms with Crippen molar-refractivity contribution in [3.8, 4) is 0 Å². The number of ether oxygens (including phenoxy) is 1. The normalized spacial score (nSPS) is 19.2. The maximum absolute atomic E-state index is 12.4. The highest BCUT2D eigenvalue weighted by atomic mass is 32.2. The third kappa shape index (κ3) is 4.76. The van der Waals surface area contributed by atoms with Gasteiger partial charge in [0.25, 0.3) is 5.91 Å². The second-order valence-corrected chi connectivity index (χ2v) is 7.85. The van der Waals surface area contributed by atoms with E-state index in [9.17, 15) is 13.2 Å². The summed E-state index contributed by atoms with van der Waals surface area (Å²) < 4.78 is 32.8. The summed E-state index contributed by atoms with van der Waals surface area (Å²) >= 11 is 0. The molecule has 0 radical (unpaired) electrons. The summed E-state index contributed by atoms with van der Waals surface area (Å²) in [5.74, 6) is -0.228. The topological polar surface area (TPSA) is 79.0 Å². The zero-order valence-electron chi connectivity index (χ0n) is 14.4. The molecule has 0 bridgehead atoms. The van der Waals surface area contributed by atoms with Gasteiger partial charge < -0.3 is 9.64 Å². The summed E-state index contributed by atoms with van der Waals surface area (Å²) in [7, 11) is -0.379. The van der Waals surface area contributed by atoms with E-state index in [0.717, 1.165) is 6.54 Å². The molecule has 134 valence electrons. The molecule has 1 aromatic rings. The van der Waals surface area contributed by atoms with E-state index in [4.69, 9.17) is 4.74 Å². The average Bonchev–Trinajstić information content (AvgIpc) is 2.56. The third-order valence-corrected chi connectivity index (χ3v) is 5.45. The van der Waals surface area contributed by atoms with Gasteiger partial charge in [-0.15, -0.1) is 0 Å². The highest BCUT2D eigenvalue weighted by molar-refractivity contribution is 7.89. The molecule has 0 aliphatic carbocycles. The second kappa shape index (κ2) is 8.06. The number of nitrogens with one attached hydrogen (secondary N) is 1. The Labute approximate surface area is 143 Å². The zero-order valence-corrected chi connectivity index (χ0v) is 15.2. The predicted molar refractivity (Wildman–Crippen MR) is 91.5 cm³/mol. The van der Waals surface area contributed by atoms with Crippen molar-refractivity contribution in [1.82, 2.24) is 14.5 Å². The maximum Gasteiger partial charge on any atom is 0.253 e. The molecule has 1 heterocycles. The van der Waals surface area contributed by atoms with Gasteiger partial charge in [-0.1, -0.05) is 6.07 Å². The lowest BCUT2D eigenvalue weighted by Crippen LogP contribution is -2.46. The molecule has 0 saturated carbocycles. The van der Waals surface area contributed by atoms with Crippen molar-refractivity contribution in [2.45, 2.75) is 17.9 Å². The van der Waals surface area contributed by atoms with Gasteiger partial charge in [0.15, 0.2) is 0 Å². The van der Waals surface area contributed by atoms with Gasteiger partial charge in [-0.05, 0) is 25.1 Å². The van der Waals surface area contributed by atoms with Crippen LogP contribution in [0.5, 0.6) is 0 Å². The number of rotatable bonds is 6. The van der Waals surface area contributed by atoms with Crippen LogP contribution in [0.2, 0.25) is 0 Å². The van der Waals surface area contributed by atoms with Crippen molar-refractivity contribution in [3.63, 3.8) is 0 Å². The quantitative estimate of drug-likeness (QED) is 0.798. The number of carbonyl (C=O) groups is 1. The van der Waals surface area contributed by atoms with Crippen molar-refractivity contribution in [2.24, 2.45) is 0 Å². The second-order valence-electron chi connectivity index (χ2n) is 6.09. The Morgan fingerprint density at radius 2 is 2.17 bits per heavy atom. The number of hydrogen-bond acceptors (Lipinski definition) is 5. The molecular formula is C16H25N3O4S. The lowest BCUT2D eigenvalue weighted by molar-refractivity contribution is 0.000989. The largest absolute Gasteiger partial charge is 0.379 e. The van der Waals surface area contributed by atoms with Crippen LogP contribution in [0.3, 0.4) is 0 Å². The predicted octanol–water partition coefficient (Wildman–Crippen LogP) is 0.387. The SMILES string of the molecule is C[C@@H]1COCCN1CCNS(=O)(=O)c1cccc(C(=O)N(C)C)c1. The van der Waals surface area contributed by atoms with Gasteiger partial charge in [-0.3, -0.25) is 9.69 Å². The number of amides is 1. The van der Waals surface area contributed by atoms with E-state index in [-0.39, 0.29) is 16.8 Å². The van der Waals surface area contributed by atoms with E-state index in [2.05, 4.69) is 16.5 Å². The third-order valence-electron chi connectivity index (χ3n) is 3.99. The molecule has 1 aromatic carbocycles. The molecule has 1 aliphatic rings. The molecular weight excluding hydrogens is 330 g/mol. The van der Waals surface area contributed by atoms with Gasteiger partial charge in [0.2, 0.25) is 10.0 Å². The number of benzene rings is 1. The van der Waals surface area contributed by atoms with Crippen LogP contribution < -0.4 is 4.72 Å². The van der Waals surface area contributed by atoms with Gasteiger partial charge >= 0.3 is 0 Å². The van der Waals surface area contributed by atoms with Crippen molar-refractivity contribution < 1.29 is 17.9 Å². The van der Waals surface area contributed by atoms with Gasteiger partial charge in [0.1, 0.15) is 0 Å². The molecule has 8 heteroatoms. The van der Waals surface area contributed by atoms with E-state index < -0.39 is 10.0 Å². The minimum atomic E-state index is -3.64. The fraction of sp³-hybridized carbons (Fsp3) is 0.562. The molecule has 0 aromatic heterocycles. The summed E-state index contributed by atoms with van der Waals surface area (Å²) in [6.45, 7) is 5.14. The fourth-order valence-corrected chi connectivity index (χ4v) is 3.62. The van der Waals surface area contributed by atoms with Crippen LogP contribution in [0, 0.1) is 0 Å². The zero-order chi connectivity index (χ0) is 17.7. The van der Waals surface area contributed by atoms with E-state index in [0.29, 0.717) is 31.9 Å². The number of nitrogens with zero attached hydrogens (tertiary/aromatic N) is 2. The van der Waals surface area contributed by atoms with Crippen LogP contribution in [-0.4, -0.2) is 77.1 Å². The number of sulfonamides is 1. The maximum atomic E-state index is 12.4. The van der Waals surface area contributed by atoms with E-state index >= 15 is 0 Å². The molecule has 0 unspecified atom stereocenters. The first-order chi connectivity index (χ1) is 11.3. The molecule has 1 aliphatic heterocycles. The standard InChI is InChI=1S/C16H25N3O4S/c1-13-12-23-10-9-19(13)8-7-17-24(21,22)15-6-4-5-14(11-15)16(20)18(2)3/h4-6,11,13,17H,7-10,12H2,1-3H3/t13-/m1/s1. The van der Waals surface area contributed by atoms with Crippen LogP contribution in [-0.2, 0) is 14.8 Å². The summed E-state index contributed by atoms with van der Waals surface area (Å²) in [5.41, 5.74) is 0.352. The Morgan fingerprint density at radius 1 is 1.42 bits per heavy atom. The van der Waals surface area contributed by atoms with Crippen LogP contribution >= 0.6 is 0 Å². The summed E-state index contributed by atoms with van der Waals surface area (Å²) in [4.78, 5) is 15.7. The van der Waals surface area contributed by atoms with Crippen molar-refractivity contribution in [1.29, 1.82) is 0 Å². The van der Waals surface area contributed by atoms with Gasteiger partial charge in [-0.2, -0.15) is 0 Å². The van der Waals surface area contributed by atoms with Gasteiger partial charge in [0.05, 0.1) is 18.1 Å². The number of morpholine rings is 1. The Morgan fingerprint density at radius 3 is 2.83 bits per heavy atom. The molecule has 1 saturated heterocycles. The number of carbonyl (C=O) groups excluding carboxylic acids is 1. The smallest absolute Gasteiger partial charge is 0.253 e. The van der Waals surface area contributed by atoms with Gasteiger partial charge in [0, 0.05) is 45.3 Å². The van der Waals surface area contributed by atoms with Crippen molar-refractivity contribution >= 4 is 15.9 Å². The van der Waals surface area contributed by atoms with Crippen LogP contribution in [0.15, 0.2) is 29.2 Å². The van der Waals surface area contributed by atoms with Crippen LogP contribution in [0.25, 0.3) is 0 Å². The minimum Gasteiger partial charge on any atom is -0.379 e. The molecule has 1 N–H and O–H groups in total. The monoisotopic (exact) mass is 355 g/mol. The summed E-state index contributed by atoms with van der Waals surface area (Å²) in [6, 6.07) is 6.37.